The Hall–Kier alpha value is -1.36. The van der Waals surface area contributed by atoms with Crippen LogP contribution >= 0.6 is 23.4 Å². The fourth-order valence-electron chi connectivity index (χ4n) is 2.27. The number of anilines is 1. The van der Waals surface area contributed by atoms with Gasteiger partial charge in [-0.2, -0.15) is 13.2 Å². The van der Waals surface area contributed by atoms with Crippen molar-refractivity contribution in [2.75, 3.05) is 5.32 Å². The SMILES string of the molecule is O=C(Nc1cc(F)c(=O)n(CC(F)F)c1)C1CC(Cl)C(C(F)(F)F)S1. The Kier molecular flexibility index (Phi) is 5.97. The van der Waals surface area contributed by atoms with Gasteiger partial charge in [-0.3, -0.25) is 9.59 Å². The average molecular weight is 409 g/mol. The molecule has 0 spiro atoms. The van der Waals surface area contributed by atoms with Gasteiger partial charge >= 0.3 is 6.18 Å². The molecule has 1 fully saturated rings. The number of nitrogens with zero attached hydrogens (tertiary/aromatic N) is 1. The fraction of sp³-hybridized carbons (Fsp3) is 0.538. The highest BCUT2D eigenvalue weighted by molar-refractivity contribution is 8.01. The van der Waals surface area contributed by atoms with Gasteiger partial charge in [0.05, 0.1) is 22.9 Å². The van der Waals surface area contributed by atoms with Crippen LogP contribution in [0.1, 0.15) is 6.42 Å². The van der Waals surface area contributed by atoms with E-state index < -0.39 is 52.3 Å². The Morgan fingerprint density at radius 3 is 2.60 bits per heavy atom. The molecule has 1 N–H and O–H groups in total. The van der Waals surface area contributed by atoms with E-state index in [0.717, 1.165) is 6.20 Å². The van der Waals surface area contributed by atoms with E-state index in [4.69, 9.17) is 11.6 Å². The number of hydrogen-bond donors (Lipinski definition) is 1. The zero-order valence-corrected chi connectivity index (χ0v) is 13.8. The maximum absolute atomic E-state index is 13.5. The van der Waals surface area contributed by atoms with Crippen LogP contribution in [0.15, 0.2) is 17.1 Å². The Bertz CT molecular complexity index is 711. The van der Waals surface area contributed by atoms with Crippen LogP contribution in [0.5, 0.6) is 0 Å². The highest BCUT2D eigenvalue weighted by Gasteiger charge is 2.52. The fourth-order valence-corrected chi connectivity index (χ4v) is 4.17. The van der Waals surface area contributed by atoms with Crippen LogP contribution in [0.25, 0.3) is 0 Å². The quantitative estimate of drug-likeness (QED) is 0.615. The molecule has 1 aromatic heterocycles. The third-order valence-electron chi connectivity index (χ3n) is 3.34. The third kappa shape index (κ3) is 4.84. The number of rotatable bonds is 4. The van der Waals surface area contributed by atoms with Gasteiger partial charge in [-0.05, 0) is 6.42 Å². The number of alkyl halides is 6. The second kappa shape index (κ2) is 7.48. The highest BCUT2D eigenvalue weighted by atomic mass is 35.5. The molecule has 140 valence electrons. The van der Waals surface area contributed by atoms with Crippen molar-refractivity contribution in [2.24, 2.45) is 0 Å². The lowest BCUT2D eigenvalue weighted by Gasteiger charge is -2.16. The van der Waals surface area contributed by atoms with Gasteiger partial charge in [0, 0.05) is 12.3 Å². The molecule has 12 heteroatoms. The first kappa shape index (κ1) is 20.0. The topological polar surface area (TPSA) is 51.1 Å². The lowest BCUT2D eigenvalue weighted by atomic mass is 10.1. The van der Waals surface area contributed by atoms with Crippen molar-refractivity contribution in [2.45, 2.75) is 41.4 Å². The molecule has 2 heterocycles. The molecule has 2 rings (SSSR count). The first-order chi connectivity index (χ1) is 11.5. The van der Waals surface area contributed by atoms with Crippen molar-refractivity contribution in [3.05, 3.63) is 28.4 Å². The number of hydrogen-bond acceptors (Lipinski definition) is 3. The van der Waals surface area contributed by atoms with E-state index in [1.54, 1.807) is 0 Å². The molecule has 1 aliphatic heterocycles. The molecule has 0 saturated carbocycles. The van der Waals surface area contributed by atoms with Crippen LogP contribution in [-0.2, 0) is 11.3 Å². The summed E-state index contributed by atoms with van der Waals surface area (Å²) in [6.45, 7) is -1.09. The predicted octanol–water partition coefficient (Wildman–Crippen LogP) is 3.23. The summed E-state index contributed by atoms with van der Waals surface area (Å²) in [5.74, 6) is -2.26. The Balaban J connectivity index is 2.13. The van der Waals surface area contributed by atoms with Crippen LogP contribution in [0.3, 0.4) is 0 Å². The number of pyridine rings is 1. The molecule has 1 saturated heterocycles. The van der Waals surface area contributed by atoms with Crippen LogP contribution in [0.4, 0.5) is 32.0 Å². The Morgan fingerprint density at radius 2 is 2.08 bits per heavy atom. The normalized spacial score (nSPS) is 23.9. The second-order valence-corrected chi connectivity index (χ2v) is 7.16. The van der Waals surface area contributed by atoms with Crippen LogP contribution < -0.4 is 10.9 Å². The maximum atomic E-state index is 13.5. The summed E-state index contributed by atoms with van der Waals surface area (Å²) in [4.78, 5) is 23.4. The highest BCUT2D eigenvalue weighted by Crippen LogP contribution is 2.45. The lowest BCUT2D eigenvalue weighted by molar-refractivity contribution is -0.128. The summed E-state index contributed by atoms with van der Waals surface area (Å²) in [6, 6.07) is 0.612. The van der Waals surface area contributed by atoms with Gasteiger partial charge in [-0.1, -0.05) is 0 Å². The minimum Gasteiger partial charge on any atom is -0.324 e. The van der Waals surface area contributed by atoms with E-state index >= 15 is 0 Å². The van der Waals surface area contributed by atoms with Gasteiger partial charge in [0.1, 0.15) is 5.25 Å². The molecule has 0 bridgehead atoms. The number of nitrogens with one attached hydrogen (secondary N) is 1. The summed E-state index contributed by atoms with van der Waals surface area (Å²) < 4.78 is 76.9. The van der Waals surface area contributed by atoms with Crippen molar-refractivity contribution >= 4 is 35.0 Å². The molecular formula is C13H11ClF6N2O2S. The van der Waals surface area contributed by atoms with Crippen LogP contribution in [0.2, 0.25) is 0 Å². The molecule has 1 aromatic rings. The lowest BCUT2D eigenvalue weighted by Crippen LogP contribution is -2.30. The van der Waals surface area contributed by atoms with E-state index in [0.29, 0.717) is 22.4 Å². The zero-order chi connectivity index (χ0) is 18.9. The van der Waals surface area contributed by atoms with Gasteiger partial charge < -0.3 is 9.88 Å². The standard InChI is InChI=1S/C13H11ClF6N2O2S/c14-6-2-8(25-10(6)13(18,19)20)11(23)21-5-1-7(15)12(24)22(3-5)4-9(16)17/h1,3,6,8-10H,2,4H2,(H,21,23). The van der Waals surface area contributed by atoms with Crippen LogP contribution in [0, 0.1) is 5.82 Å². The monoisotopic (exact) mass is 408 g/mol. The summed E-state index contributed by atoms with van der Waals surface area (Å²) in [6.07, 6.45) is -6.98. The van der Waals surface area contributed by atoms with Crippen molar-refractivity contribution in [1.82, 2.24) is 4.57 Å². The van der Waals surface area contributed by atoms with Crippen molar-refractivity contribution in [3.8, 4) is 0 Å². The molecule has 3 atom stereocenters. The van der Waals surface area contributed by atoms with Gasteiger partial charge in [0.15, 0.2) is 5.82 Å². The summed E-state index contributed by atoms with van der Waals surface area (Å²) in [7, 11) is 0. The largest absolute Gasteiger partial charge is 0.402 e. The summed E-state index contributed by atoms with van der Waals surface area (Å²) >= 11 is 5.95. The van der Waals surface area contributed by atoms with E-state index in [1.807, 2.05) is 0 Å². The van der Waals surface area contributed by atoms with E-state index in [1.165, 1.54) is 0 Å². The second-order valence-electron chi connectivity index (χ2n) is 5.25. The van der Waals surface area contributed by atoms with E-state index in [9.17, 15) is 35.9 Å². The Labute approximate surface area is 146 Å². The Morgan fingerprint density at radius 1 is 1.44 bits per heavy atom. The number of carbonyl (C=O) groups excluding carboxylic acids is 1. The maximum Gasteiger partial charge on any atom is 0.402 e. The molecule has 1 amide bonds. The number of thioether (sulfide) groups is 1. The van der Waals surface area contributed by atoms with Crippen molar-refractivity contribution in [3.63, 3.8) is 0 Å². The molecule has 0 aromatic carbocycles. The van der Waals surface area contributed by atoms with E-state index in [-0.39, 0.29) is 12.1 Å². The van der Waals surface area contributed by atoms with Gasteiger partial charge in [-0.25, -0.2) is 13.2 Å². The van der Waals surface area contributed by atoms with Crippen LogP contribution in [-0.4, -0.2) is 39.0 Å². The first-order valence-corrected chi connectivity index (χ1v) is 8.22. The molecule has 1 aliphatic rings. The average Bonchev–Trinajstić information content (AvgIpc) is 2.86. The molecule has 3 unspecified atom stereocenters. The zero-order valence-electron chi connectivity index (χ0n) is 12.2. The summed E-state index contributed by atoms with van der Waals surface area (Å²) in [5, 5.41) is -2.24. The minimum absolute atomic E-state index is 0.263. The number of aromatic nitrogens is 1. The van der Waals surface area contributed by atoms with Gasteiger partial charge in [0.2, 0.25) is 5.91 Å². The summed E-state index contributed by atoms with van der Waals surface area (Å²) in [5.41, 5.74) is -1.61. The minimum atomic E-state index is -4.58. The number of amides is 1. The van der Waals surface area contributed by atoms with Gasteiger partial charge in [0.25, 0.3) is 12.0 Å². The van der Waals surface area contributed by atoms with Crippen molar-refractivity contribution in [1.29, 1.82) is 0 Å². The van der Waals surface area contributed by atoms with Gasteiger partial charge in [-0.15, -0.1) is 23.4 Å². The molecule has 25 heavy (non-hydrogen) atoms. The number of carbonyl (C=O) groups is 1. The molecular weight excluding hydrogens is 398 g/mol. The molecule has 0 radical (unpaired) electrons. The molecule has 0 aliphatic carbocycles. The number of halogens is 7. The van der Waals surface area contributed by atoms with E-state index in [2.05, 4.69) is 5.32 Å². The molecule has 4 nitrogen and oxygen atoms in total. The first-order valence-electron chi connectivity index (χ1n) is 6.84. The van der Waals surface area contributed by atoms with Crippen molar-refractivity contribution < 1.29 is 31.1 Å². The third-order valence-corrected chi connectivity index (χ3v) is 5.54. The predicted molar refractivity (Wildman–Crippen MR) is 80.8 cm³/mol. The smallest absolute Gasteiger partial charge is 0.324 e.